The van der Waals surface area contributed by atoms with Crippen molar-refractivity contribution in [1.82, 2.24) is 5.32 Å². The maximum atomic E-state index is 12.9. The number of nitrogens with one attached hydrogen (secondary N) is 1. The van der Waals surface area contributed by atoms with E-state index < -0.39 is 20.0 Å². The van der Waals surface area contributed by atoms with E-state index in [0.717, 1.165) is 44.9 Å². The van der Waals surface area contributed by atoms with Crippen LogP contribution in [0.2, 0.25) is 0 Å². The molecular formula is C55H106N2O6P+. The number of aliphatic hydroxyl groups is 1. The molecule has 0 aliphatic carbocycles. The standard InChI is InChI=1S/C55H105N2O6P/c1-6-8-10-12-14-16-18-20-22-24-26-27-28-29-31-33-35-37-39-41-43-45-47-49-55(59)56-53(52-63-64(60,61)62-51-50-57(3,4)5)54(58)48-46-44-42-40-38-36-34-32-30-25-23-21-19-17-15-13-11-9-7-2/h24,26,30,32,38,40,46,48,53-54,58H,6-23,25,27-29,31,33-37,39,41-45,47,49-52H2,1-5H3,(H-,56,59,60,61)/p+1/b26-24-,32-30+,40-38+,48-46+. The SMILES string of the molecule is CCCCCCCCCC/C=C\CCCCCCCCCCCCCC(=O)NC(COP(=O)(O)OCC[N+](C)(C)C)C(O)/C=C/CC/C=C/CC/C=C/CCCCCCCCCCC. The van der Waals surface area contributed by atoms with Crippen LogP contribution in [0.5, 0.6) is 0 Å². The smallest absolute Gasteiger partial charge is 0.387 e. The van der Waals surface area contributed by atoms with Gasteiger partial charge in [0, 0.05) is 6.42 Å². The molecule has 3 N–H and O–H groups in total. The van der Waals surface area contributed by atoms with Crippen LogP contribution in [0, 0.1) is 0 Å². The molecular weight excluding hydrogens is 816 g/mol. The van der Waals surface area contributed by atoms with E-state index in [1.54, 1.807) is 6.08 Å². The van der Waals surface area contributed by atoms with Crippen molar-refractivity contribution in [3.63, 3.8) is 0 Å². The number of unbranched alkanes of at least 4 members (excludes halogenated alkanes) is 30. The van der Waals surface area contributed by atoms with Gasteiger partial charge in [0.1, 0.15) is 13.2 Å². The zero-order chi connectivity index (χ0) is 47.1. The first kappa shape index (κ1) is 62.5. The number of amides is 1. The maximum Gasteiger partial charge on any atom is 0.472 e. The molecule has 0 bridgehead atoms. The van der Waals surface area contributed by atoms with E-state index in [1.165, 1.54) is 180 Å². The van der Waals surface area contributed by atoms with Crippen LogP contribution in [0.15, 0.2) is 48.6 Å². The summed E-state index contributed by atoms with van der Waals surface area (Å²) >= 11 is 0. The molecule has 64 heavy (non-hydrogen) atoms. The first-order chi connectivity index (χ1) is 31.0. The van der Waals surface area contributed by atoms with Gasteiger partial charge in [-0.2, -0.15) is 0 Å². The Kier molecular flexibility index (Phi) is 45.4. The average molecular weight is 922 g/mol. The van der Waals surface area contributed by atoms with E-state index in [2.05, 4.69) is 55.6 Å². The summed E-state index contributed by atoms with van der Waals surface area (Å²) < 4.78 is 23.6. The van der Waals surface area contributed by atoms with Crippen LogP contribution in [0.4, 0.5) is 0 Å². The van der Waals surface area contributed by atoms with Gasteiger partial charge in [0.2, 0.25) is 5.91 Å². The molecule has 0 spiro atoms. The summed E-state index contributed by atoms with van der Waals surface area (Å²) in [7, 11) is 1.55. The first-order valence-electron chi connectivity index (χ1n) is 27.0. The second kappa shape index (κ2) is 46.6. The van der Waals surface area contributed by atoms with Gasteiger partial charge >= 0.3 is 7.82 Å². The van der Waals surface area contributed by atoms with Crippen molar-refractivity contribution in [2.24, 2.45) is 0 Å². The zero-order valence-corrected chi connectivity index (χ0v) is 43.7. The van der Waals surface area contributed by atoms with Crippen molar-refractivity contribution in [2.45, 2.75) is 257 Å². The van der Waals surface area contributed by atoms with Gasteiger partial charge in [0.15, 0.2) is 0 Å². The fourth-order valence-corrected chi connectivity index (χ4v) is 8.45. The van der Waals surface area contributed by atoms with Gasteiger partial charge in [-0.05, 0) is 70.6 Å². The molecule has 0 saturated heterocycles. The van der Waals surface area contributed by atoms with E-state index >= 15 is 0 Å². The number of nitrogens with zero attached hydrogens (tertiary/aromatic N) is 1. The molecule has 3 atom stereocenters. The predicted octanol–water partition coefficient (Wildman–Crippen LogP) is 16.0. The maximum absolute atomic E-state index is 12.9. The van der Waals surface area contributed by atoms with Crippen LogP contribution in [0.25, 0.3) is 0 Å². The van der Waals surface area contributed by atoms with Crippen molar-refractivity contribution >= 4 is 13.7 Å². The average Bonchev–Trinajstić information content (AvgIpc) is 3.25. The Morgan fingerprint density at radius 1 is 0.516 bits per heavy atom. The molecule has 9 heteroatoms. The number of hydrogen-bond acceptors (Lipinski definition) is 5. The van der Waals surface area contributed by atoms with Crippen LogP contribution in [-0.4, -0.2) is 73.4 Å². The largest absolute Gasteiger partial charge is 0.472 e. The molecule has 0 heterocycles. The normalized spacial score (nSPS) is 14.4. The molecule has 0 aromatic heterocycles. The lowest BCUT2D eigenvalue weighted by molar-refractivity contribution is -0.870. The van der Waals surface area contributed by atoms with Gasteiger partial charge in [-0.1, -0.05) is 217 Å². The van der Waals surface area contributed by atoms with Crippen molar-refractivity contribution in [1.29, 1.82) is 0 Å². The van der Waals surface area contributed by atoms with Crippen molar-refractivity contribution in [3.05, 3.63) is 48.6 Å². The van der Waals surface area contributed by atoms with Crippen LogP contribution >= 0.6 is 7.82 Å². The Morgan fingerprint density at radius 3 is 1.25 bits per heavy atom. The molecule has 8 nitrogen and oxygen atoms in total. The number of phosphoric acid groups is 1. The summed E-state index contributed by atoms with van der Waals surface area (Å²) in [5.41, 5.74) is 0. The Morgan fingerprint density at radius 2 is 0.859 bits per heavy atom. The molecule has 0 fully saturated rings. The number of aliphatic hydroxyl groups excluding tert-OH is 1. The Bertz CT molecular complexity index is 1180. The Labute approximate surface area is 397 Å². The highest BCUT2D eigenvalue weighted by molar-refractivity contribution is 7.47. The number of rotatable bonds is 49. The molecule has 0 aromatic carbocycles. The first-order valence-corrected chi connectivity index (χ1v) is 28.5. The second-order valence-corrected chi connectivity index (χ2v) is 21.0. The highest BCUT2D eigenvalue weighted by atomic mass is 31.2. The van der Waals surface area contributed by atoms with E-state index in [-0.39, 0.29) is 19.1 Å². The molecule has 0 aliphatic heterocycles. The van der Waals surface area contributed by atoms with Gasteiger partial charge in [0.05, 0.1) is 39.9 Å². The lowest BCUT2D eigenvalue weighted by atomic mass is 10.0. The zero-order valence-electron chi connectivity index (χ0n) is 42.8. The highest BCUT2D eigenvalue weighted by Crippen LogP contribution is 2.43. The minimum absolute atomic E-state index is 0.0530. The van der Waals surface area contributed by atoms with Gasteiger partial charge in [-0.25, -0.2) is 4.57 Å². The van der Waals surface area contributed by atoms with Crippen LogP contribution in [0.3, 0.4) is 0 Å². The minimum Gasteiger partial charge on any atom is -0.387 e. The molecule has 0 rings (SSSR count). The number of hydrogen-bond donors (Lipinski definition) is 3. The molecule has 376 valence electrons. The summed E-state index contributed by atoms with van der Waals surface area (Å²) in [5, 5.41) is 13.9. The van der Waals surface area contributed by atoms with E-state index in [9.17, 15) is 19.4 Å². The molecule has 0 aromatic rings. The van der Waals surface area contributed by atoms with Gasteiger partial charge in [-0.15, -0.1) is 0 Å². The Hall–Kier alpha value is -1.54. The summed E-state index contributed by atoms with van der Waals surface area (Å²) in [6.45, 7) is 4.80. The highest BCUT2D eigenvalue weighted by Gasteiger charge is 2.27. The van der Waals surface area contributed by atoms with Crippen molar-refractivity contribution in [2.75, 3.05) is 40.9 Å². The monoisotopic (exact) mass is 922 g/mol. The lowest BCUT2D eigenvalue weighted by Crippen LogP contribution is -2.45. The third-order valence-electron chi connectivity index (χ3n) is 12.0. The number of carbonyl (C=O) groups is 1. The molecule has 3 unspecified atom stereocenters. The fourth-order valence-electron chi connectivity index (χ4n) is 7.72. The molecule has 0 radical (unpaired) electrons. The third kappa shape index (κ3) is 48.4. The number of quaternary nitrogens is 1. The fraction of sp³-hybridized carbons (Fsp3) is 0.836. The summed E-state index contributed by atoms with van der Waals surface area (Å²) in [6, 6.07) is -0.870. The van der Waals surface area contributed by atoms with Gasteiger partial charge in [-0.3, -0.25) is 13.8 Å². The quantitative estimate of drug-likeness (QED) is 0.0243. The third-order valence-corrected chi connectivity index (χ3v) is 13.0. The van der Waals surface area contributed by atoms with E-state index in [0.29, 0.717) is 17.4 Å². The summed E-state index contributed by atoms with van der Waals surface area (Å²) in [5.74, 6) is -0.191. The van der Waals surface area contributed by atoms with Crippen molar-refractivity contribution < 1.29 is 32.9 Å². The van der Waals surface area contributed by atoms with Gasteiger partial charge in [0.25, 0.3) is 0 Å². The number of phosphoric ester groups is 1. The van der Waals surface area contributed by atoms with Crippen LogP contribution in [0.1, 0.15) is 245 Å². The van der Waals surface area contributed by atoms with E-state index in [4.69, 9.17) is 9.05 Å². The summed E-state index contributed by atoms with van der Waals surface area (Å²) in [6.07, 6.45) is 60.6. The summed E-state index contributed by atoms with van der Waals surface area (Å²) in [4.78, 5) is 23.2. The minimum atomic E-state index is -4.36. The number of likely N-dealkylation sites (N-methyl/N-ethyl adjacent to an activating group) is 1. The molecule has 1 amide bonds. The molecule has 0 aliphatic rings. The van der Waals surface area contributed by atoms with Crippen LogP contribution in [-0.2, 0) is 18.4 Å². The number of allylic oxidation sites excluding steroid dienone is 7. The van der Waals surface area contributed by atoms with Crippen LogP contribution < -0.4 is 5.32 Å². The Balaban J connectivity index is 4.32. The topological polar surface area (TPSA) is 105 Å². The predicted molar refractivity (Wildman–Crippen MR) is 277 cm³/mol. The number of carbonyl (C=O) groups excluding carboxylic acids is 1. The second-order valence-electron chi connectivity index (χ2n) is 19.6. The van der Waals surface area contributed by atoms with Crippen molar-refractivity contribution in [3.8, 4) is 0 Å². The van der Waals surface area contributed by atoms with E-state index in [1.807, 2.05) is 27.2 Å². The lowest BCUT2D eigenvalue weighted by Gasteiger charge is -2.25. The van der Waals surface area contributed by atoms with Gasteiger partial charge < -0.3 is 19.8 Å². The molecule has 0 saturated carbocycles.